The Labute approximate surface area is 130 Å². The highest BCUT2D eigenvalue weighted by Gasteiger charge is 2.30. The van der Waals surface area contributed by atoms with Crippen LogP contribution in [0.5, 0.6) is 0 Å². The molecule has 0 radical (unpaired) electrons. The molecule has 2 aromatic carbocycles. The molecule has 0 heterocycles. The summed E-state index contributed by atoms with van der Waals surface area (Å²) in [5.74, 6) is -0.699. The summed E-state index contributed by atoms with van der Waals surface area (Å²) in [6.45, 7) is 1.43. The molecule has 2 aromatic rings. The predicted octanol–water partition coefficient (Wildman–Crippen LogP) is 4.44. The Morgan fingerprint density at radius 2 is 1.74 bits per heavy atom. The van der Waals surface area contributed by atoms with Crippen molar-refractivity contribution in [2.45, 2.75) is 19.2 Å². The third kappa shape index (κ3) is 3.89. The number of ether oxygens (including phenoxy) is 1. The van der Waals surface area contributed by atoms with E-state index in [1.54, 1.807) is 24.3 Å². The van der Waals surface area contributed by atoms with Gasteiger partial charge >= 0.3 is 12.1 Å². The maximum absolute atomic E-state index is 12.6. The summed E-state index contributed by atoms with van der Waals surface area (Å²) in [6, 6.07) is 12.7. The maximum Gasteiger partial charge on any atom is 0.416 e. The zero-order valence-electron chi connectivity index (χ0n) is 12.1. The Morgan fingerprint density at radius 1 is 1.13 bits per heavy atom. The van der Waals surface area contributed by atoms with Gasteiger partial charge in [-0.25, -0.2) is 4.79 Å². The number of nitrogens with zero attached hydrogens (tertiary/aromatic N) is 1. The Morgan fingerprint density at radius 3 is 2.30 bits per heavy atom. The molecule has 0 spiro atoms. The van der Waals surface area contributed by atoms with Gasteiger partial charge in [0.2, 0.25) is 0 Å². The fraction of sp³-hybridized carbons (Fsp3) is 0.176. The largest absolute Gasteiger partial charge is 0.444 e. The summed E-state index contributed by atoms with van der Waals surface area (Å²) in [5, 5.41) is 8.69. The van der Waals surface area contributed by atoms with E-state index >= 15 is 0 Å². The van der Waals surface area contributed by atoms with Crippen molar-refractivity contribution in [3.8, 4) is 17.2 Å². The van der Waals surface area contributed by atoms with Gasteiger partial charge in [0, 0.05) is 0 Å². The fourth-order valence-corrected chi connectivity index (χ4v) is 2.00. The molecule has 0 N–H and O–H groups in total. The van der Waals surface area contributed by atoms with Crippen LogP contribution in [-0.4, -0.2) is 12.1 Å². The first-order valence-corrected chi connectivity index (χ1v) is 6.70. The number of hydrogen-bond acceptors (Lipinski definition) is 3. The van der Waals surface area contributed by atoms with Gasteiger partial charge in [-0.05, 0) is 36.2 Å². The molecule has 0 aliphatic rings. The summed E-state index contributed by atoms with van der Waals surface area (Å²) < 4.78 is 42.8. The van der Waals surface area contributed by atoms with Crippen molar-refractivity contribution in [1.29, 1.82) is 5.26 Å². The lowest BCUT2D eigenvalue weighted by atomic mass is 9.98. The molecule has 0 saturated carbocycles. The molecular weight excluding hydrogens is 307 g/mol. The quantitative estimate of drug-likeness (QED) is 0.786. The van der Waals surface area contributed by atoms with Gasteiger partial charge in [0.1, 0.15) is 6.07 Å². The first-order valence-electron chi connectivity index (χ1n) is 6.70. The highest BCUT2D eigenvalue weighted by molar-refractivity contribution is 5.97. The molecule has 0 unspecified atom stereocenters. The van der Waals surface area contributed by atoms with Crippen LogP contribution < -0.4 is 0 Å². The van der Waals surface area contributed by atoms with Crippen molar-refractivity contribution in [3.63, 3.8) is 0 Å². The Kier molecular flexibility index (Phi) is 4.70. The first-order chi connectivity index (χ1) is 10.8. The first kappa shape index (κ1) is 16.6. The maximum atomic E-state index is 12.6. The summed E-state index contributed by atoms with van der Waals surface area (Å²) in [7, 11) is 0. The Balaban J connectivity index is 2.37. The van der Waals surface area contributed by atoms with Gasteiger partial charge in [0.25, 0.3) is 0 Å². The number of hydrogen-bond donors (Lipinski definition) is 0. The van der Waals surface area contributed by atoms with E-state index in [2.05, 4.69) is 0 Å². The molecule has 0 amide bonds. The van der Waals surface area contributed by atoms with Crippen molar-refractivity contribution >= 4 is 5.97 Å². The molecule has 0 aliphatic heterocycles. The minimum Gasteiger partial charge on any atom is -0.444 e. The molecule has 0 bridgehead atoms. The molecule has 6 heteroatoms. The number of esters is 1. The number of carbonyl (C=O) groups is 1. The van der Waals surface area contributed by atoms with Gasteiger partial charge in [0.05, 0.1) is 11.1 Å². The van der Waals surface area contributed by atoms with Crippen LogP contribution in [0.15, 0.2) is 48.5 Å². The van der Waals surface area contributed by atoms with Crippen molar-refractivity contribution < 1.29 is 22.7 Å². The van der Waals surface area contributed by atoms with E-state index in [0.717, 1.165) is 12.1 Å². The van der Waals surface area contributed by atoms with Crippen molar-refractivity contribution in [2.24, 2.45) is 0 Å². The lowest BCUT2D eigenvalue weighted by Crippen LogP contribution is -2.14. The van der Waals surface area contributed by atoms with Crippen molar-refractivity contribution in [2.75, 3.05) is 0 Å². The summed E-state index contributed by atoms with van der Waals surface area (Å²) in [5.41, 5.74) is 0.320. The third-order valence-corrected chi connectivity index (χ3v) is 3.14. The molecule has 23 heavy (non-hydrogen) atoms. The molecule has 1 atom stereocenters. The van der Waals surface area contributed by atoms with Gasteiger partial charge in [-0.15, -0.1) is 0 Å². The van der Waals surface area contributed by atoms with Crippen LogP contribution in [0.2, 0.25) is 0 Å². The van der Waals surface area contributed by atoms with Gasteiger partial charge in [0.15, 0.2) is 6.10 Å². The number of benzene rings is 2. The molecule has 0 aliphatic carbocycles. The van der Waals surface area contributed by atoms with E-state index < -0.39 is 23.8 Å². The number of rotatable bonds is 3. The zero-order valence-corrected chi connectivity index (χ0v) is 12.1. The second-order valence-electron chi connectivity index (χ2n) is 4.80. The molecular formula is C17H12F3NO2. The second kappa shape index (κ2) is 6.53. The molecule has 0 fully saturated rings. The normalized spacial score (nSPS) is 12.3. The third-order valence-electron chi connectivity index (χ3n) is 3.14. The van der Waals surface area contributed by atoms with Crippen LogP contribution >= 0.6 is 0 Å². The van der Waals surface area contributed by atoms with Crippen LogP contribution in [0.3, 0.4) is 0 Å². The van der Waals surface area contributed by atoms with E-state index in [1.807, 2.05) is 0 Å². The molecule has 2 rings (SSSR count). The standard InChI is InChI=1S/C17H12F3NO2/c1-11(10-21)23-16(22)15-5-3-2-4-14(15)12-6-8-13(9-7-12)17(18,19)20/h2-9,11H,1H3/t11-/m0/s1. The number of nitriles is 1. The minimum atomic E-state index is -4.42. The van der Waals surface area contributed by atoms with Crippen LogP contribution in [-0.2, 0) is 10.9 Å². The van der Waals surface area contributed by atoms with Crippen LogP contribution in [0.25, 0.3) is 11.1 Å². The highest BCUT2D eigenvalue weighted by Crippen LogP contribution is 2.32. The van der Waals surface area contributed by atoms with Gasteiger partial charge in [-0.1, -0.05) is 30.3 Å². The van der Waals surface area contributed by atoms with E-state index in [4.69, 9.17) is 10.00 Å². The van der Waals surface area contributed by atoms with Gasteiger partial charge in [-0.2, -0.15) is 18.4 Å². The predicted molar refractivity (Wildman–Crippen MR) is 77.4 cm³/mol. The van der Waals surface area contributed by atoms with Gasteiger partial charge < -0.3 is 4.74 Å². The average Bonchev–Trinajstić information content (AvgIpc) is 2.54. The smallest absolute Gasteiger partial charge is 0.416 e. The Hall–Kier alpha value is -2.81. The van der Waals surface area contributed by atoms with E-state index in [0.29, 0.717) is 11.1 Å². The van der Waals surface area contributed by atoms with Gasteiger partial charge in [-0.3, -0.25) is 0 Å². The molecule has 3 nitrogen and oxygen atoms in total. The van der Waals surface area contributed by atoms with Crippen molar-refractivity contribution in [3.05, 3.63) is 59.7 Å². The molecule has 118 valence electrons. The highest BCUT2D eigenvalue weighted by atomic mass is 19.4. The zero-order chi connectivity index (χ0) is 17.0. The second-order valence-corrected chi connectivity index (χ2v) is 4.80. The summed E-state index contributed by atoms with van der Waals surface area (Å²) in [6.07, 6.45) is -5.33. The topological polar surface area (TPSA) is 50.1 Å². The summed E-state index contributed by atoms with van der Waals surface area (Å²) in [4.78, 5) is 12.1. The van der Waals surface area contributed by atoms with E-state index in [-0.39, 0.29) is 5.56 Å². The number of alkyl halides is 3. The van der Waals surface area contributed by atoms with E-state index in [1.165, 1.54) is 25.1 Å². The lowest BCUT2D eigenvalue weighted by molar-refractivity contribution is -0.137. The Bertz CT molecular complexity index is 746. The molecule has 0 aromatic heterocycles. The monoisotopic (exact) mass is 319 g/mol. The minimum absolute atomic E-state index is 0.189. The van der Waals surface area contributed by atoms with Crippen LogP contribution in [0, 0.1) is 11.3 Å². The summed E-state index contributed by atoms with van der Waals surface area (Å²) >= 11 is 0. The molecule has 0 saturated heterocycles. The number of carbonyl (C=O) groups excluding carboxylic acids is 1. The average molecular weight is 319 g/mol. The van der Waals surface area contributed by atoms with Crippen molar-refractivity contribution in [1.82, 2.24) is 0 Å². The van der Waals surface area contributed by atoms with Crippen LogP contribution in [0.4, 0.5) is 13.2 Å². The number of halogens is 3. The fourth-order valence-electron chi connectivity index (χ4n) is 2.00. The van der Waals surface area contributed by atoms with E-state index in [9.17, 15) is 18.0 Å². The lowest BCUT2D eigenvalue weighted by Gasteiger charge is -2.12. The SMILES string of the molecule is C[C@@H](C#N)OC(=O)c1ccccc1-c1ccc(C(F)(F)F)cc1. The van der Waals surface area contributed by atoms with Crippen LogP contribution in [0.1, 0.15) is 22.8 Å².